The second-order valence-electron chi connectivity index (χ2n) is 3.88. The molecule has 0 radical (unpaired) electrons. The van der Waals surface area contributed by atoms with E-state index in [2.05, 4.69) is 5.48 Å². The molecule has 1 rings (SSSR count). The molecule has 0 fully saturated rings. The molecular weight excluding hydrogens is 234 g/mol. The Bertz CT molecular complexity index is 364. The van der Waals surface area contributed by atoms with E-state index >= 15 is 0 Å². The molecule has 1 N–H and O–H groups in total. The highest BCUT2D eigenvalue weighted by molar-refractivity contribution is 5.79. The van der Waals surface area contributed by atoms with Crippen molar-refractivity contribution in [2.75, 3.05) is 20.3 Å². The highest BCUT2D eigenvalue weighted by atomic mass is 16.7. The molecule has 5 nitrogen and oxygen atoms in total. The van der Waals surface area contributed by atoms with Gasteiger partial charge in [0, 0.05) is 7.11 Å². The van der Waals surface area contributed by atoms with Crippen molar-refractivity contribution in [2.45, 2.75) is 20.0 Å². The average Bonchev–Trinajstić information content (AvgIpc) is 2.37. The van der Waals surface area contributed by atoms with Gasteiger partial charge in [-0.05, 0) is 26.0 Å². The molecule has 5 heteroatoms. The van der Waals surface area contributed by atoms with E-state index in [0.717, 1.165) is 5.56 Å². The van der Waals surface area contributed by atoms with Crippen LogP contribution < -0.4 is 10.2 Å². The highest BCUT2D eigenvalue weighted by Gasteiger charge is 2.14. The summed E-state index contributed by atoms with van der Waals surface area (Å²) in [4.78, 5) is 16.5. The molecular formula is C13H19NO4. The lowest BCUT2D eigenvalue weighted by molar-refractivity contribution is -0.141. The van der Waals surface area contributed by atoms with Gasteiger partial charge in [0.15, 0.2) is 6.10 Å². The molecule has 1 unspecified atom stereocenters. The second kappa shape index (κ2) is 7.68. The first kappa shape index (κ1) is 14.5. The van der Waals surface area contributed by atoms with Crippen LogP contribution in [-0.4, -0.2) is 32.3 Å². The molecule has 1 aromatic carbocycles. The fourth-order valence-electron chi connectivity index (χ4n) is 1.20. The number of carbonyl (C=O) groups is 1. The van der Waals surface area contributed by atoms with Gasteiger partial charge in [-0.3, -0.25) is 9.63 Å². The van der Waals surface area contributed by atoms with Gasteiger partial charge in [-0.2, -0.15) is 0 Å². The summed E-state index contributed by atoms with van der Waals surface area (Å²) in [6.45, 7) is 4.38. The summed E-state index contributed by atoms with van der Waals surface area (Å²) in [6.07, 6.45) is -0.616. The van der Waals surface area contributed by atoms with Crippen LogP contribution >= 0.6 is 0 Å². The summed E-state index contributed by atoms with van der Waals surface area (Å²) in [5.41, 5.74) is 3.45. The second-order valence-corrected chi connectivity index (χ2v) is 3.88. The standard InChI is InChI=1S/C13H19NO4/c1-10-4-6-12(7-5-10)18-11(2)13(15)14-17-9-8-16-3/h4-7,11H,8-9H2,1-3H3,(H,14,15). The van der Waals surface area contributed by atoms with Crippen molar-refractivity contribution < 1.29 is 19.1 Å². The summed E-state index contributed by atoms with van der Waals surface area (Å²) >= 11 is 0. The van der Waals surface area contributed by atoms with E-state index in [9.17, 15) is 4.79 Å². The summed E-state index contributed by atoms with van der Waals surface area (Å²) in [7, 11) is 1.56. The predicted octanol–water partition coefficient (Wildman–Crippen LogP) is 1.46. The lowest BCUT2D eigenvalue weighted by atomic mass is 10.2. The highest BCUT2D eigenvalue weighted by Crippen LogP contribution is 2.13. The quantitative estimate of drug-likeness (QED) is 0.590. The van der Waals surface area contributed by atoms with Crippen molar-refractivity contribution in [1.29, 1.82) is 0 Å². The fourth-order valence-corrected chi connectivity index (χ4v) is 1.20. The first-order valence-corrected chi connectivity index (χ1v) is 5.77. The number of nitrogens with one attached hydrogen (secondary N) is 1. The van der Waals surface area contributed by atoms with Gasteiger partial charge in [0.2, 0.25) is 0 Å². The van der Waals surface area contributed by atoms with Crippen molar-refractivity contribution >= 4 is 5.91 Å². The summed E-state index contributed by atoms with van der Waals surface area (Å²) in [5.74, 6) is 0.326. The average molecular weight is 253 g/mol. The predicted molar refractivity (Wildman–Crippen MR) is 67.2 cm³/mol. The Hall–Kier alpha value is -1.59. The topological polar surface area (TPSA) is 56.8 Å². The Balaban J connectivity index is 2.33. The lowest BCUT2D eigenvalue weighted by Crippen LogP contribution is -2.36. The van der Waals surface area contributed by atoms with Crippen LogP contribution in [0.4, 0.5) is 0 Å². The summed E-state index contributed by atoms with van der Waals surface area (Å²) in [6, 6.07) is 7.50. The van der Waals surface area contributed by atoms with Crippen LogP contribution in [0.3, 0.4) is 0 Å². The van der Waals surface area contributed by atoms with Crippen LogP contribution in [0, 0.1) is 6.92 Å². The third-order valence-corrected chi connectivity index (χ3v) is 2.27. The molecule has 0 aromatic heterocycles. The Morgan fingerprint density at radius 2 is 1.94 bits per heavy atom. The van der Waals surface area contributed by atoms with E-state index in [4.69, 9.17) is 14.3 Å². The fraction of sp³-hybridized carbons (Fsp3) is 0.462. The summed E-state index contributed by atoms with van der Waals surface area (Å²) in [5, 5.41) is 0. The number of carbonyl (C=O) groups excluding carboxylic acids is 1. The third-order valence-electron chi connectivity index (χ3n) is 2.27. The lowest BCUT2D eigenvalue weighted by Gasteiger charge is -2.14. The maximum Gasteiger partial charge on any atom is 0.284 e. The Morgan fingerprint density at radius 1 is 1.28 bits per heavy atom. The number of hydrogen-bond acceptors (Lipinski definition) is 4. The maximum absolute atomic E-state index is 11.6. The van der Waals surface area contributed by atoms with Gasteiger partial charge in [-0.25, -0.2) is 5.48 Å². The zero-order valence-electron chi connectivity index (χ0n) is 10.9. The number of amides is 1. The Kier molecular flexibility index (Phi) is 6.18. The number of methoxy groups -OCH3 is 1. The minimum absolute atomic E-state index is 0.305. The zero-order chi connectivity index (χ0) is 13.4. The zero-order valence-corrected chi connectivity index (χ0v) is 10.9. The summed E-state index contributed by atoms with van der Waals surface area (Å²) < 4.78 is 10.2. The minimum Gasteiger partial charge on any atom is -0.481 e. The molecule has 0 aliphatic heterocycles. The Morgan fingerprint density at radius 3 is 2.56 bits per heavy atom. The molecule has 100 valence electrons. The molecule has 0 aliphatic carbocycles. The van der Waals surface area contributed by atoms with Gasteiger partial charge < -0.3 is 9.47 Å². The van der Waals surface area contributed by atoms with Crippen molar-refractivity contribution in [3.63, 3.8) is 0 Å². The first-order valence-electron chi connectivity index (χ1n) is 5.77. The van der Waals surface area contributed by atoms with Crippen LogP contribution in [-0.2, 0) is 14.4 Å². The maximum atomic E-state index is 11.6. The SMILES string of the molecule is COCCONC(=O)C(C)Oc1ccc(C)cc1. The van der Waals surface area contributed by atoms with Gasteiger partial charge in [-0.15, -0.1) is 0 Å². The molecule has 0 aliphatic rings. The van der Waals surface area contributed by atoms with Gasteiger partial charge in [0.1, 0.15) is 5.75 Å². The largest absolute Gasteiger partial charge is 0.481 e. The van der Waals surface area contributed by atoms with Crippen molar-refractivity contribution in [2.24, 2.45) is 0 Å². The smallest absolute Gasteiger partial charge is 0.284 e. The number of hydroxylamine groups is 1. The number of ether oxygens (including phenoxy) is 2. The number of hydrogen-bond donors (Lipinski definition) is 1. The van der Waals surface area contributed by atoms with Crippen molar-refractivity contribution in [1.82, 2.24) is 5.48 Å². The molecule has 1 amide bonds. The number of aryl methyl sites for hydroxylation is 1. The van der Waals surface area contributed by atoms with E-state index in [1.807, 2.05) is 31.2 Å². The Labute approximate surface area is 107 Å². The molecule has 1 atom stereocenters. The first-order chi connectivity index (χ1) is 8.63. The molecule has 1 aromatic rings. The molecule has 0 saturated heterocycles. The number of benzene rings is 1. The van der Waals surface area contributed by atoms with E-state index in [1.54, 1.807) is 14.0 Å². The molecule has 0 bridgehead atoms. The monoisotopic (exact) mass is 253 g/mol. The molecule has 18 heavy (non-hydrogen) atoms. The van der Waals surface area contributed by atoms with E-state index in [1.165, 1.54) is 0 Å². The molecule has 0 spiro atoms. The van der Waals surface area contributed by atoms with Crippen LogP contribution in [0.2, 0.25) is 0 Å². The normalized spacial score (nSPS) is 11.9. The van der Waals surface area contributed by atoms with Crippen LogP contribution in [0.15, 0.2) is 24.3 Å². The van der Waals surface area contributed by atoms with Gasteiger partial charge in [0.25, 0.3) is 5.91 Å². The minimum atomic E-state index is -0.616. The van der Waals surface area contributed by atoms with Gasteiger partial charge in [-0.1, -0.05) is 17.7 Å². The van der Waals surface area contributed by atoms with E-state index in [-0.39, 0.29) is 5.91 Å². The number of rotatable bonds is 7. The van der Waals surface area contributed by atoms with Crippen LogP contribution in [0.5, 0.6) is 5.75 Å². The van der Waals surface area contributed by atoms with E-state index < -0.39 is 6.10 Å². The molecule has 0 saturated carbocycles. The van der Waals surface area contributed by atoms with Gasteiger partial charge in [0.05, 0.1) is 13.2 Å². The van der Waals surface area contributed by atoms with Gasteiger partial charge >= 0.3 is 0 Å². The van der Waals surface area contributed by atoms with Crippen LogP contribution in [0.25, 0.3) is 0 Å². The molecule has 0 heterocycles. The third kappa shape index (κ3) is 5.16. The van der Waals surface area contributed by atoms with Crippen molar-refractivity contribution in [3.8, 4) is 5.75 Å². The van der Waals surface area contributed by atoms with Crippen molar-refractivity contribution in [3.05, 3.63) is 29.8 Å². The van der Waals surface area contributed by atoms with Crippen LogP contribution in [0.1, 0.15) is 12.5 Å². The van der Waals surface area contributed by atoms with E-state index in [0.29, 0.717) is 19.0 Å².